The summed E-state index contributed by atoms with van der Waals surface area (Å²) >= 11 is 0. The highest BCUT2D eigenvalue weighted by Crippen LogP contribution is 2.28. The zero-order valence-corrected chi connectivity index (χ0v) is 10.5. The summed E-state index contributed by atoms with van der Waals surface area (Å²) in [6.45, 7) is 3.15. The molecule has 18 heavy (non-hydrogen) atoms. The molecule has 5 heteroatoms. The highest BCUT2D eigenvalue weighted by Gasteiger charge is 2.21. The number of nitro groups is 1. The van der Waals surface area contributed by atoms with E-state index in [9.17, 15) is 10.1 Å². The summed E-state index contributed by atoms with van der Waals surface area (Å²) < 4.78 is 5.38. The molecule has 2 rings (SSSR count). The summed E-state index contributed by atoms with van der Waals surface area (Å²) in [5.74, 6) is 0.358. The fraction of sp³-hybridized carbons (Fsp3) is 0.538. The molecule has 5 nitrogen and oxygen atoms in total. The molecule has 0 atom stereocenters. The molecule has 0 unspecified atom stereocenters. The zero-order valence-electron chi connectivity index (χ0n) is 10.5. The maximum atomic E-state index is 11.0. The first kappa shape index (κ1) is 12.8. The number of rotatable bonds is 7. The van der Waals surface area contributed by atoms with Crippen molar-refractivity contribution in [3.8, 4) is 5.75 Å². The molecule has 0 heterocycles. The van der Waals surface area contributed by atoms with Gasteiger partial charge >= 0.3 is 5.69 Å². The van der Waals surface area contributed by atoms with Crippen LogP contribution in [0.15, 0.2) is 18.2 Å². The summed E-state index contributed by atoms with van der Waals surface area (Å²) in [4.78, 5) is 10.6. The number of hydrogen-bond acceptors (Lipinski definition) is 4. The van der Waals surface area contributed by atoms with Crippen LogP contribution in [0.2, 0.25) is 0 Å². The highest BCUT2D eigenvalue weighted by atomic mass is 16.6. The Morgan fingerprint density at radius 2 is 2.28 bits per heavy atom. The van der Waals surface area contributed by atoms with Gasteiger partial charge in [0.1, 0.15) is 0 Å². The molecule has 98 valence electrons. The molecule has 1 aliphatic rings. The molecule has 1 saturated carbocycles. The standard InChI is InChI=1S/C13H18N2O3/c1-2-7-18-13-6-3-10(8-12(13)15(16)17)9-14-11-4-5-11/h3,6,8,11,14H,2,4-5,7,9H2,1H3. The van der Waals surface area contributed by atoms with Gasteiger partial charge in [0.2, 0.25) is 0 Å². The molecular weight excluding hydrogens is 232 g/mol. The Morgan fingerprint density at radius 1 is 1.50 bits per heavy atom. The van der Waals surface area contributed by atoms with Gasteiger partial charge in [-0.15, -0.1) is 0 Å². The number of nitrogens with one attached hydrogen (secondary N) is 1. The third kappa shape index (κ3) is 3.43. The van der Waals surface area contributed by atoms with E-state index in [1.54, 1.807) is 12.1 Å². The second-order valence-electron chi connectivity index (χ2n) is 4.56. The summed E-state index contributed by atoms with van der Waals surface area (Å²) in [5.41, 5.74) is 0.982. The fourth-order valence-electron chi connectivity index (χ4n) is 1.70. The summed E-state index contributed by atoms with van der Waals surface area (Å²) in [5, 5.41) is 14.3. The molecule has 1 aromatic carbocycles. The van der Waals surface area contributed by atoms with Crippen molar-refractivity contribution in [2.24, 2.45) is 0 Å². The minimum atomic E-state index is -0.383. The third-order valence-corrected chi connectivity index (χ3v) is 2.85. The van der Waals surface area contributed by atoms with Crippen molar-refractivity contribution in [2.75, 3.05) is 6.61 Å². The van der Waals surface area contributed by atoms with Crippen LogP contribution in [0, 0.1) is 10.1 Å². The molecule has 0 aliphatic heterocycles. The third-order valence-electron chi connectivity index (χ3n) is 2.85. The van der Waals surface area contributed by atoms with Gasteiger partial charge < -0.3 is 10.1 Å². The lowest BCUT2D eigenvalue weighted by atomic mass is 10.2. The Bertz CT molecular complexity index is 430. The van der Waals surface area contributed by atoms with E-state index in [4.69, 9.17) is 4.74 Å². The Hall–Kier alpha value is -1.62. The molecule has 1 N–H and O–H groups in total. The quantitative estimate of drug-likeness (QED) is 0.597. The van der Waals surface area contributed by atoms with Gasteiger partial charge in [-0.3, -0.25) is 10.1 Å². The molecule has 1 aliphatic carbocycles. The zero-order chi connectivity index (χ0) is 13.0. The smallest absolute Gasteiger partial charge is 0.311 e. The lowest BCUT2D eigenvalue weighted by Crippen LogP contribution is -2.15. The van der Waals surface area contributed by atoms with E-state index in [1.807, 2.05) is 13.0 Å². The summed E-state index contributed by atoms with van der Waals surface area (Å²) in [6, 6.07) is 5.77. The Balaban J connectivity index is 2.08. The highest BCUT2D eigenvalue weighted by molar-refractivity contribution is 5.48. The molecule has 0 aromatic heterocycles. The van der Waals surface area contributed by atoms with Crippen molar-refractivity contribution < 1.29 is 9.66 Å². The molecule has 0 spiro atoms. The Labute approximate surface area is 106 Å². The van der Waals surface area contributed by atoms with Crippen molar-refractivity contribution in [3.05, 3.63) is 33.9 Å². The van der Waals surface area contributed by atoms with Gasteiger partial charge in [0.15, 0.2) is 5.75 Å². The van der Waals surface area contributed by atoms with Gasteiger partial charge in [-0.1, -0.05) is 13.0 Å². The van der Waals surface area contributed by atoms with Crippen molar-refractivity contribution in [1.82, 2.24) is 5.32 Å². The minimum absolute atomic E-state index is 0.0542. The Kier molecular flexibility index (Phi) is 4.15. The van der Waals surface area contributed by atoms with Crippen LogP contribution >= 0.6 is 0 Å². The summed E-state index contributed by atoms with van der Waals surface area (Å²) in [7, 11) is 0. The number of nitrogens with zero attached hydrogens (tertiary/aromatic N) is 1. The first-order chi connectivity index (χ1) is 8.70. The number of ether oxygens (including phenoxy) is 1. The molecule has 0 radical (unpaired) electrons. The van der Waals surface area contributed by atoms with Crippen LogP contribution in [0.25, 0.3) is 0 Å². The second-order valence-corrected chi connectivity index (χ2v) is 4.56. The molecule has 0 bridgehead atoms. The van der Waals surface area contributed by atoms with E-state index in [0.717, 1.165) is 12.0 Å². The molecule has 1 aromatic rings. The second kappa shape index (κ2) is 5.82. The van der Waals surface area contributed by atoms with Gasteiger partial charge in [-0.25, -0.2) is 0 Å². The minimum Gasteiger partial charge on any atom is -0.487 e. The average Bonchev–Trinajstić information content (AvgIpc) is 3.18. The molecule has 0 saturated heterocycles. The number of nitro benzene ring substituents is 1. The van der Waals surface area contributed by atoms with Crippen molar-refractivity contribution in [2.45, 2.75) is 38.8 Å². The van der Waals surface area contributed by atoms with Crippen LogP contribution in [0.5, 0.6) is 5.75 Å². The van der Waals surface area contributed by atoms with Crippen LogP contribution in [-0.4, -0.2) is 17.6 Å². The maximum absolute atomic E-state index is 11.0. The predicted octanol–water partition coefficient (Wildman–Crippen LogP) is 2.64. The largest absolute Gasteiger partial charge is 0.487 e. The van der Waals surface area contributed by atoms with Gasteiger partial charge in [-0.2, -0.15) is 0 Å². The van der Waals surface area contributed by atoms with Crippen LogP contribution in [0.1, 0.15) is 31.7 Å². The van der Waals surface area contributed by atoms with Crippen LogP contribution in [0.4, 0.5) is 5.69 Å². The molecular formula is C13H18N2O3. The number of hydrogen-bond donors (Lipinski definition) is 1. The Morgan fingerprint density at radius 3 is 2.89 bits per heavy atom. The van der Waals surface area contributed by atoms with Gasteiger partial charge in [0.05, 0.1) is 11.5 Å². The van der Waals surface area contributed by atoms with Crippen LogP contribution in [-0.2, 0) is 6.54 Å². The first-order valence-corrected chi connectivity index (χ1v) is 6.34. The normalized spacial score (nSPS) is 14.5. The van der Waals surface area contributed by atoms with E-state index in [-0.39, 0.29) is 10.6 Å². The van der Waals surface area contributed by atoms with Crippen LogP contribution in [0.3, 0.4) is 0 Å². The lowest BCUT2D eigenvalue weighted by Gasteiger charge is -2.08. The van der Waals surface area contributed by atoms with E-state index < -0.39 is 0 Å². The average molecular weight is 250 g/mol. The van der Waals surface area contributed by atoms with Crippen molar-refractivity contribution in [1.29, 1.82) is 0 Å². The predicted molar refractivity (Wildman–Crippen MR) is 68.7 cm³/mol. The van der Waals surface area contributed by atoms with Crippen molar-refractivity contribution >= 4 is 5.69 Å². The van der Waals surface area contributed by atoms with Gasteiger partial charge in [0, 0.05) is 18.7 Å². The van der Waals surface area contributed by atoms with Crippen molar-refractivity contribution in [3.63, 3.8) is 0 Å². The fourth-order valence-corrected chi connectivity index (χ4v) is 1.70. The topological polar surface area (TPSA) is 64.4 Å². The number of benzene rings is 1. The molecule has 1 fully saturated rings. The van der Waals surface area contributed by atoms with E-state index in [2.05, 4.69) is 5.32 Å². The summed E-state index contributed by atoms with van der Waals surface area (Å²) in [6.07, 6.45) is 3.25. The SMILES string of the molecule is CCCOc1ccc(CNC2CC2)cc1[N+](=O)[O-]. The first-order valence-electron chi connectivity index (χ1n) is 6.34. The van der Waals surface area contributed by atoms with Gasteiger partial charge in [-0.05, 0) is 30.9 Å². The van der Waals surface area contributed by atoms with E-state index in [1.165, 1.54) is 12.8 Å². The lowest BCUT2D eigenvalue weighted by molar-refractivity contribution is -0.385. The maximum Gasteiger partial charge on any atom is 0.311 e. The molecule has 0 amide bonds. The van der Waals surface area contributed by atoms with Gasteiger partial charge in [0.25, 0.3) is 0 Å². The van der Waals surface area contributed by atoms with E-state index in [0.29, 0.717) is 24.9 Å². The van der Waals surface area contributed by atoms with E-state index >= 15 is 0 Å². The van der Waals surface area contributed by atoms with Crippen LogP contribution < -0.4 is 10.1 Å². The monoisotopic (exact) mass is 250 g/mol.